The Kier molecular flexibility index (Phi) is 6.72. The van der Waals surface area contributed by atoms with Crippen molar-refractivity contribution in [2.45, 2.75) is 26.3 Å². The first-order valence-corrected chi connectivity index (χ1v) is 10.9. The smallest absolute Gasteiger partial charge is 0.246 e. The Morgan fingerprint density at radius 2 is 1.97 bits per heavy atom. The number of benzene rings is 2. The summed E-state index contributed by atoms with van der Waals surface area (Å²) in [6.07, 6.45) is 6.50. The third-order valence-corrected chi connectivity index (χ3v) is 5.91. The van der Waals surface area contributed by atoms with Crippen LogP contribution in [0.1, 0.15) is 26.3 Å². The van der Waals surface area contributed by atoms with Crippen LogP contribution >= 0.6 is 0 Å². The largest absolute Gasteiger partial charge is 0.457 e. The Balaban J connectivity index is 0.00000274. The number of hydrogen-bond acceptors (Lipinski definition) is 4. The van der Waals surface area contributed by atoms with E-state index in [-0.39, 0.29) is 19.4 Å². The van der Waals surface area contributed by atoms with Crippen molar-refractivity contribution in [3.63, 3.8) is 0 Å². The molecule has 2 aromatic heterocycles. The number of rotatable bonds is 5. The van der Waals surface area contributed by atoms with Gasteiger partial charge in [0.2, 0.25) is 5.91 Å². The molecule has 1 atom stereocenters. The number of amides is 1. The summed E-state index contributed by atoms with van der Waals surface area (Å²) >= 11 is 0. The zero-order valence-corrected chi connectivity index (χ0v) is 18.0. The fraction of sp³-hybridized carbons (Fsp3) is 0.222. The summed E-state index contributed by atoms with van der Waals surface area (Å²) in [5, 5.41) is 5.57. The van der Waals surface area contributed by atoms with Gasteiger partial charge in [-0.05, 0) is 49.2 Å². The third kappa shape index (κ3) is 4.41. The zero-order chi connectivity index (χ0) is 22.8. The first kappa shape index (κ1) is 23.2. The van der Waals surface area contributed by atoms with Gasteiger partial charge in [0.15, 0.2) is 0 Å². The van der Waals surface area contributed by atoms with Crippen molar-refractivity contribution in [3.05, 3.63) is 85.5 Å². The average molecular weight is 459 g/mol. The number of carbonyl (C=O) groups excluding carboxylic acids is 1. The number of likely N-dealkylation sites (tertiary alicyclic amines) is 1. The van der Waals surface area contributed by atoms with Gasteiger partial charge in [0.05, 0.1) is 11.6 Å². The number of carbonyl (C=O) groups is 1. The van der Waals surface area contributed by atoms with E-state index in [4.69, 9.17) is 9.84 Å². The summed E-state index contributed by atoms with van der Waals surface area (Å²) in [6, 6.07) is 15.9. The maximum atomic E-state index is 15.2. The van der Waals surface area contributed by atoms with Crippen LogP contribution in [0.3, 0.4) is 0 Å². The van der Waals surface area contributed by atoms with Gasteiger partial charge in [0, 0.05) is 42.5 Å². The number of hydrogen-bond donors (Lipinski definition) is 0. The Labute approximate surface area is 198 Å². The minimum atomic E-state index is -0.425. The second kappa shape index (κ2) is 9.87. The van der Waals surface area contributed by atoms with E-state index in [0.29, 0.717) is 35.8 Å². The fourth-order valence-corrected chi connectivity index (χ4v) is 4.32. The van der Waals surface area contributed by atoms with E-state index < -0.39 is 5.82 Å². The number of pyridine rings is 1. The Morgan fingerprint density at radius 1 is 1.15 bits per heavy atom. The lowest BCUT2D eigenvalue weighted by Crippen LogP contribution is -2.40. The normalized spacial score (nSPS) is 15.6. The molecule has 0 aliphatic carbocycles. The van der Waals surface area contributed by atoms with Gasteiger partial charge < -0.3 is 9.64 Å². The van der Waals surface area contributed by atoms with Gasteiger partial charge in [-0.25, -0.2) is 4.39 Å². The van der Waals surface area contributed by atoms with Gasteiger partial charge in [0.1, 0.15) is 23.0 Å². The minimum Gasteiger partial charge on any atom is -0.457 e. The Bertz CT molecular complexity index is 1320. The number of piperidine rings is 1. The van der Waals surface area contributed by atoms with Crippen molar-refractivity contribution in [2.24, 2.45) is 0 Å². The number of fused-ring (bicyclic) bond motifs is 1. The maximum absolute atomic E-state index is 15.2. The molecule has 5 rings (SSSR count). The van der Waals surface area contributed by atoms with E-state index in [1.165, 1.54) is 12.1 Å². The van der Waals surface area contributed by atoms with Crippen molar-refractivity contribution < 1.29 is 13.9 Å². The van der Waals surface area contributed by atoms with Crippen molar-refractivity contribution in [2.75, 3.05) is 13.1 Å². The molecule has 3 heterocycles. The van der Waals surface area contributed by atoms with Crippen LogP contribution < -0.4 is 4.74 Å². The molecule has 1 saturated heterocycles. The van der Waals surface area contributed by atoms with Crippen molar-refractivity contribution in [1.82, 2.24) is 19.7 Å². The molecule has 0 N–H and O–H groups in total. The second-order valence-electron chi connectivity index (χ2n) is 8.03. The predicted octanol–water partition coefficient (Wildman–Crippen LogP) is 6.02. The number of halogens is 1. The number of para-hydroxylation sites is 1. The first-order valence-electron chi connectivity index (χ1n) is 10.9. The number of aromatic nitrogens is 3. The van der Waals surface area contributed by atoms with Crippen LogP contribution in [-0.4, -0.2) is 38.7 Å². The summed E-state index contributed by atoms with van der Waals surface area (Å²) in [6.45, 7) is 4.83. The molecule has 7 heteroatoms. The van der Waals surface area contributed by atoms with E-state index in [0.717, 1.165) is 23.7 Å². The van der Waals surface area contributed by atoms with Crippen LogP contribution in [0.2, 0.25) is 0 Å². The maximum Gasteiger partial charge on any atom is 0.246 e. The van der Waals surface area contributed by atoms with Gasteiger partial charge in [-0.3, -0.25) is 14.5 Å². The highest BCUT2D eigenvalue weighted by molar-refractivity contribution is 5.93. The standard InChI is InChI=1S/C26H23FN4O2.CH4/c1-2-25(32)30-14-6-7-18(17-30)31-24-12-13-28-16-22(24)26(29-31)21-11-10-20(15-23(21)27)33-19-8-4-3-5-9-19;/h2-5,8-13,15-16,18H,1,6-7,14,17H2;1H4. The molecule has 0 bridgehead atoms. The van der Waals surface area contributed by atoms with E-state index >= 15 is 4.39 Å². The molecular weight excluding hydrogens is 431 g/mol. The quantitative estimate of drug-likeness (QED) is 0.343. The SMILES string of the molecule is C.C=CC(=O)N1CCCC(n2nc(-c3ccc(Oc4ccccc4)cc3F)c3cnccc32)C1. The van der Waals surface area contributed by atoms with Gasteiger partial charge >= 0.3 is 0 Å². The first-order chi connectivity index (χ1) is 16.1. The van der Waals surface area contributed by atoms with Crippen LogP contribution in [0.4, 0.5) is 4.39 Å². The molecule has 1 aliphatic heterocycles. The van der Waals surface area contributed by atoms with E-state index in [1.807, 2.05) is 41.1 Å². The molecule has 0 spiro atoms. The van der Waals surface area contributed by atoms with Gasteiger partial charge in [-0.1, -0.05) is 32.2 Å². The second-order valence-corrected chi connectivity index (χ2v) is 8.03. The molecule has 1 aliphatic rings. The highest BCUT2D eigenvalue weighted by Gasteiger charge is 2.27. The van der Waals surface area contributed by atoms with E-state index in [2.05, 4.69) is 11.6 Å². The third-order valence-electron chi connectivity index (χ3n) is 5.91. The minimum absolute atomic E-state index is 0. The lowest BCUT2D eigenvalue weighted by molar-refractivity contribution is -0.127. The monoisotopic (exact) mass is 458 g/mol. The van der Waals surface area contributed by atoms with E-state index in [9.17, 15) is 4.79 Å². The summed E-state index contributed by atoms with van der Waals surface area (Å²) in [7, 11) is 0. The topological polar surface area (TPSA) is 60.2 Å². The molecule has 0 radical (unpaired) electrons. The van der Waals surface area contributed by atoms with Crippen LogP contribution in [0, 0.1) is 5.82 Å². The fourth-order valence-electron chi connectivity index (χ4n) is 4.32. The van der Waals surface area contributed by atoms with Crippen LogP contribution in [0.25, 0.3) is 22.2 Å². The summed E-state index contributed by atoms with van der Waals surface area (Å²) in [4.78, 5) is 18.2. The average Bonchev–Trinajstić information content (AvgIpc) is 3.24. The van der Waals surface area contributed by atoms with Crippen molar-refractivity contribution in [3.8, 4) is 22.8 Å². The molecule has 1 amide bonds. The van der Waals surface area contributed by atoms with Gasteiger partial charge in [-0.2, -0.15) is 5.10 Å². The molecule has 34 heavy (non-hydrogen) atoms. The molecule has 174 valence electrons. The highest BCUT2D eigenvalue weighted by Crippen LogP contribution is 2.35. The zero-order valence-electron chi connectivity index (χ0n) is 18.0. The summed E-state index contributed by atoms with van der Waals surface area (Å²) in [5.41, 5.74) is 1.76. The lowest BCUT2D eigenvalue weighted by atomic mass is 10.1. The molecular formula is C27H27FN4O2. The van der Waals surface area contributed by atoms with Crippen LogP contribution in [0.5, 0.6) is 11.5 Å². The van der Waals surface area contributed by atoms with Crippen molar-refractivity contribution in [1.29, 1.82) is 0 Å². The highest BCUT2D eigenvalue weighted by atomic mass is 19.1. The number of nitrogens with zero attached hydrogens (tertiary/aromatic N) is 4. The molecule has 1 unspecified atom stereocenters. The summed E-state index contributed by atoms with van der Waals surface area (Å²) < 4.78 is 22.9. The molecule has 2 aromatic carbocycles. The molecule has 6 nitrogen and oxygen atoms in total. The molecule has 1 fully saturated rings. The van der Waals surface area contributed by atoms with Gasteiger partial charge in [0.25, 0.3) is 0 Å². The van der Waals surface area contributed by atoms with Crippen LogP contribution in [-0.2, 0) is 4.79 Å². The molecule has 4 aromatic rings. The Morgan fingerprint density at radius 3 is 2.74 bits per heavy atom. The number of ether oxygens (including phenoxy) is 1. The predicted molar refractivity (Wildman–Crippen MR) is 131 cm³/mol. The van der Waals surface area contributed by atoms with Crippen LogP contribution in [0.15, 0.2) is 79.6 Å². The lowest BCUT2D eigenvalue weighted by Gasteiger charge is -2.32. The van der Waals surface area contributed by atoms with E-state index in [1.54, 1.807) is 29.4 Å². The molecule has 0 saturated carbocycles. The van der Waals surface area contributed by atoms with Gasteiger partial charge in [-0.15, -0.1) is 0 Å². The van der Waals surface area contributed by atoms with Crippen molar-refractivity contribution >= 4 is 16.8 Å². The Hall–Kier alpha value is -4.00. The summed E-state index contributed by atoms with van der Waals surface area (Å²) in [5.74, 6) is 0.540.